The van der Waals surface area contributed by atoms with E-state index in [1.807, 2.05) is 0 Å². The van der Waals surface area contributed by atoms with Gasteiger partial charge in [-0.3, -0.25) is 0 Å². The summed E-state index contributed by atoms with van der Waals surface area (Å²) >= 11 is 4.29. The van der Waals surface area contributed by atoms with Gasteiger partial charge in [0.1, 0.15) is 0 Å². The van der Waals surface area contributed by atoms with Crippen LogP contribution in [0.2, 0.25) is 0 Å². The van der Waals surface area contributed by atoms with Crippen molar-refractivity contribution in [3.05, 3.63) is 0 Å². The fourth-order valence-corrected chi connectivity index (χ4v) is 8.34. The molecule has 0 spiro atoms. The summed E-state index contributed by atoms with van der Waals surface area (Å²) in [5, 5.41) is 0. The fourth-order valence-electron chi connectivity index (χ4n) is 1.67. The second-order valence-electron chi connectivity index (χ2n) is 4.29. The van der Waals surface area contributed by atoms with E-state index >= 15 is 0 Å². The average molecular weight is 562 g/mol. The van der Waals surface area contributed by atoms with Gasteiger partial charge in [-0.1, -0.05) is 0 Å². The number of unbranched alkanes of at least 4 members (excludes halogenated alkanes) is 3. The molecule has 0 aromatic carbocycles. The Balaban J connectivity index is 0. The first kappa shape index (κ1) is 20.6. The van der Waals surface area contributed by atoms with E-state index < -0.39 is 4.49 Å². The second-order valence-corrected chi connectivity index (χ2v) is 14.4. The summed E-state index contributed by atoms with van der Waals surface area (Å²) in [6.45, 7) is 6.97. The summed E-state index contributed by atoms with van der Waals surface area (Å²) in [4.78, 5) is 0. The standard InChI is InChI=1S/C12H27PTe.Au.ClH/c1-4-7-10-13(14,11-8-5-2)12-9-6-3;;/h4-12H2,1-3H3;;1H/q;+1;/p-1. The van der Waals surface area contributed by atoms with Gasteiger partial charge >= 0.3 is 133 Å². The van der Waals surface area contributed by atoms with Crippen molar-refractivity contribution in [2.45, 2.75) is 59.3 Å². The van der Waals surface area contributed by atoms with E-state index in [1.165, 1.54) is 38.5 Å². The van der Waals surface area contributed by atoms with Gasteiger partial charge in [0, 0.05) is 0 Å². The van der Waals surface area contributed by atoms with E-state index in [2.05, 4.69) is 51.2 Å². The van der Waals surface area contributed by atoms with Gasteiger partial charge in [0.2, 0.25) is 0 Å². The molecule has 0 radical (unpaired) electrons. The molecule has 16 heavy (non-hydrogen) atoms. The van der Waals surface area contributed by atoms with Crippen molar-refractivity contribution in [3.8, 4) is 0 Å². The molecule has 0 nitrogen and oxygen atoms in total. The predicted octanol–water partition coefficient (Wildman–Crippen LogP) is 5.17. The maximum atomic E-state index is 4.58. The van der Waals surface area contributed by atoms with Crippen LogP contribution in [0.4, 0.5) is 0 Å². The zero-order valence-corrected chi connectivity index (χ0v) is 17.0. The Morgan fingerprint density at radius 1 is 0.812 bits per heavy atom. The van der Waals surface area contributed by atoms with Gasteiger partial charge in [0.05, 0.1) is 0 Å². The zero-order chi connectivity index (χ0) is 12.9. The Labute approximate surface area is 131 Å². The van der Waals surface area contributed by atoms with Crippen molar-refractivity contribution in [1.29, 1.82) is 0 Å². The molecule has 0 N–H and O–H groups in total. The molecule has 0 aromatic heterocycles. The minimum absolute atomic E-state index is 0.509. The molecule has 0 fully saturated rings. The van der Waals surface area contributed by atoms with Crippen LogP contribution in [0.25, 0.3) is 0 Å². The summed E-state index contributed by atoms with van der Waals surface area (Å²) in [6.07, 6.45) is 13.3. The molecule has 0 aliphatic heterocycles. The van der Waals surface area contributed by atoms with E-state index in [9.17, 15) is 0 Å². The SMILES string of the molecule is CCCCP(=[Te])(CCCC)CCCC.[Cl][Au]. The topological polar surface area (TPSA) is 0 Å². The predicted molar refractivity (Wildman–Crippen MR) is 77.9 cm³/mol. The molecular formula is C12H27AuClPTe. The molecule has 0 amide bonds. The first-order valence-corrected chi connectivity index (χ1v) is 14.4. The number of rotatable bonds is 9. The minimum atomic E-state index is -0.509. The van der Waals surface area contributed by atoms with Crippen molar-refractivity contribution in [2.75, 3.05) is 18.5 Å². The van der Waals surface area contributed by atoms with Gasteiger partial charge in [-0.15, -0.1) is 0 Å². The first-order chi connectivity index (χ1) is 7.68. The Bertz CT molecular complexity index is 148. The molecule has 0 bridgehead atoms. The van der Waals surface area contributed by atoms with Gasteiger partial charge in [0.25, 0.3) is 0 Å². The van der Waals surface area contributed by atoms with Crippen LogP contribution in [0, 0.1) is 0 Å². The van der Waals surface area contributed by atoms with Crippen LogP contribution in [-0.4, -0.2) is 39.7 Å². The third-order valence-electron chi connectivity index (χ3n) is 2.76. The number of hydrogen-bond donors (Lipinski definition) is 0. The maximum absolute atomic E-state index is 4.58. The van der Waals surface area contributed by atoms with E-state index in [4.69, 9.17) is 0 Å². The van der Waals surface area contributed by atoms with Crippen LogP contribution in [0.5, 0.6) is 0 Å². The third kappa shape index (κ3) is 12.7. The molecule has 0 rings (SSSR count). The second kappa shape index (κ2) is 15.3. The fraction of sp³-hybridized carbons (Fsp3) is 1.00. The van der Waals surface area contributed by atoms with Crippen LogP contribution in [-0.2, 0) is 20.0 Å². The van der Waals surface area contributed by atoms with E-state index in [1.54, 1.807) is 38.5 Å². The zero-order valence-electron chi connectivity index (χ0n) is 10.9. The molecule has 0 aromatic rings. The van der Waals surface area contributed by atoms with E-state index in [0.29, 0.717) is 0 Å². The summed E-state index contributed by atoms with van der Waals surface area (Å²) < 4.78 is -0.509. The van der Waals surface area contributed by atoms with Crippen molar-refractivity contribution < 1.29 is 20.0 Å². The van der Waals surface area contributed by atoms with Crippen molar-refractivity contribution in [2.24, 2.45) is 0 Å². The normalized spacial score (nSPS) is 10.9. The van der Waals surface area contributed by atoms with Gasteiger partial charge in [0.15, 0.2) is 0 Å². The van der Waals surface area contributed by atoms with Crippen LogP contribution in [0.3, 0.4) is 0 Å². The van der Waals surface area contributed by atoms with E-state index in [-0.39, 0.29) is 0 Å². The third-order valence-corrected chi connectivity index (χ3v) is 10.8. The Morgan fingerprint density at radius 2 is 1.06 bits per heavy atom. The Morgan fingerprint density at radius 3 is 1.25 bits per heavy atom. The molecule has 0 aliphatic carbocycles. The molecular weight excluding hydrogens is 535 g/mol. The molecule has 0 atom stereocenters. The van der Waals surface area contributed by atoms with Crippen molar-refractivity contribution in [1.82, 2.24) is 0 Å². The number of hydrogen-bond acceptors (Lipinski definition) is 0. The van der Waals surface area contributed by atoms with Crippen LogP contribution in [0.1, 0.15) is 59.3 Å². The molecule has 0 aliphatic rings. The molecule has 0 unspecified atom stereocenters. The number of halogens is 1. The molecule has 0 saturated heterocycles. The van der Waals surface area contributed by atoms with Crippen LogP contribution >= 0.6 is 13.7 Å². The average Bonchev–Trinajstić information content (AvgIpc) is 2.34. The molecule has 0 saturated carbocycles. The molecule has 0 heterocycles. The van der Waals surface area contributed by atoms with Crippen molar-refractivity contribution in [3.63, 3.8) is 0 Å². The Kier molecular flexibility index (Phi) is 19.7. The molecule has 4 heteroatoms. The van der Waals surface area contributed by atoms with Crippen LogP contribution < -0.4 is 0 Å². The Hall–Kier alpha value is 2.25. The summed E-state index contributed by atoms with van der Waals surface area (Å²) in [5.41, 5.74) is 0. The summed E-state index contributed by atoms with van der Waals surface area (Å²) in [6, 6.07) is 0. The molecule has 104 valence electrons. The monoisotopic (exact) mass is 564 g/mol. The first-order valence-electron chi connectivity index (χ1n) is 6.37. The van der Waals surface area contributed by atoms with Crippen molar-refractivity contribution >= 4 is 34.9 Å². The van der Waals surface area contributed by atoms with Gasteiger partial charge in [-0.05, 0) is 0 Å². The van der Waals surface area contributed by atoms with Crippen LogP contribution in [0.15, 0.2) is 0 Å². The van der Waals surface area contributed by atoms with Gasteiger partial charge in [-0.25, -0.2) is 0 Å². The van der Waals surface area contributed by atoms with Gasteiger partial charge < -0.3 is 0 Å². The van der Waals surface area contributed by atoms with E-state index in [0.717, 1.165) is 0 Å². The quantitative estimate of drug-likeness (QED) is 0.269. The summed E-state index contributed by atoms with van der Waals surface area (Å²) in [5.74, 6) is 0. The summed E-state index contributed by atoms with van der Waals surface area (Å²) in [7, 11) is 4.58. The van der Waals surface area contributed by atoms with Gasteiger partial charge in [-0.2, -0.15) is 0 Å².